The van der Waals surface area contributed by atoms with Gasteiger partial charge in [-0.15, -0.1) is 0 Å². The van der Waals surface area contributed by atoms with E-state index in [1.165, 1.54) is 0 Å². The fourth-order valence-corrected chi connectivity index (χ4v) is 2.82. The molecular formula is C18H22N6O. The lowest BCUT2D eigenvalue weighted by molar-refractivity contribution is 0.247. The van der Waals surface area contributed by atoms with E-state index >= 15 is 0 Å². The van der Waals surface area contributed by atoms with Gasteiger partial charge in [-0.2, -0.15) is 15.3 Å². The Labute approximate surface area is 146 Å². The quantitative estimate of drug-likeness (QED) is 0.766. The van der Waals surface area contributed by atoms with E-state index < -0.39 is 0 Å². The summed E-state index contributed by atoms with van der Waals surface area (Å²) in [5.74, 6) is 0. The number of aryl methyl sites for hydroxylation is 3. The fraction of sp³-hybridized carbons (Fsp3) is 0.333. The van der Waals surface area contributed by atoms with Crippen molar-refractivity contribution in [3.05, 3.63) is 47.4 Å². The molecule has 0 fully saturated rings. The summed E-state index contributed by atoms with van der Waals surface area (Å²) < 4.78 is 1.90. The van der Waals surface area contributed by atoms with Crippen molar-refractivity contribution >= 4 is 22.6 Å². The zero-order valence-corrected chi connectivity index (χ0v) is 14.9. The zero-order chi connectivity index (χ0) is 18.0. The number of nitrogens with one attached hydrogen (secondary N) is 2. The topological polar surface area (TPSA) is 84.7 Å². The molecule has 0 unspecified atom stereocenters. The van der Waals surface area contributed by atoms with Gasteiger partial charge in [0, 0.05) is 17.1 Å². The number of nitrogens with zero attached hydrogens (tertiary/aromatic N) is 4. The van der Waals surface area contributed by atoms with E-state index in [1.54, 1.807) is 0 Å². The molecule has 0 bridgehead atoms. The average molecular weight is 338 g/mol. The number of carbonyl (C=O) groups excluding carboxylic acids is 1. The zero-order valence-electron chi connectivity index (χ0n) is 14.9. The Bertz CT molecular complexity index is 917. The highest BCUT2D eigenvalue weighted by Gasteiger charge is 2.12. The van der Waals surface area contributed by atoms with Gasteiger partial charge in [0.1, 0.15) is 0 Å². The maximum Gasteiger partial charge on any atom is 0.319 e. The van der Waals surface area contributed by atoms with Gasteiger partial charge >= 0.3 is 6.03 Å². The summed E-state index contributed by atoms with van der Waals surface area (Å²) in [6, 6.07) is 9.20. The molecule has 0 spiro atoms. The van der Waals surface area contributed by atoms with E-state index in [4.69, 9.17) is 0 Å². The van der Waals surface area contributed by atoms with E-state index in [9.17, 15) is 4.79 Å². The number of urea groups is 1. The third kappa shape index (κ3) is 3.93. The number of aromatic nitrogens is 4. The van der Waals surface area contributed by atoms with Crippen LogP contribution in [-0.2, 0) is 6.54 Å². The van der Waals surface area contributed by atoms with Crippen molar-refractivity contribution in [2.24, 2.45) is 0 Å². The average Bonchev–Trinajstić information content (AvgIpc) is 2.85. The van der Waals surface area contributed by atoms with E-state index in [-0.39, 0.29) is 12.1 Å². The van der Waals surface area contributed by atoms with Gasteiger partial charge in [0.15, 0.2) is 0 Å². The summed E-state index contributed by atoms with van der Waals surface area (Å²) in [6.45, 7) is 8.41. The van der Waals surface area contributed by atoms with Gasteiger partial charge in [0.25, 0.3) is 0 Å². The molecule has 3 aromatic rings. The molecule has 7 nitrogen and oxygen atoms in total. The highest BCUT2D eigenvalue weighted by Crippen LogP contribution is 2.21. The van der Waals surface area contributed by atoms with Crippen LogP contribution >= 0.6 is 0 Å². The first-order valence-corrected chi connectivity index (χ1v) is 8.24. The van der Waals surface area contributed by atoms with Crippen LogP contribution in [0.25, 0.3) is 10.9 Å². The molecule has 0 radical (unpaired) electrons. The summed E-state index contributed by atoms with van der Waals surface area (Å²) in [5, 5.41) is 19.3. The molecule has 7 heteroatoms. The van der Waals surface area contributed by atoms with Crippen molar-refractivity contribution in [2.45, 2.75) is 40.3 Å². The van der Waals surface area contributed by atoms with Crippen molar-refractivity contribution in [2.75, 3.05) is 5.32 Å². The van der Waals surface area contributed by atoms with E-state index in [0.29, 0.717) is 12.2 Å². The minimum absolute atomic E-state index is 0.0606. The van der Waals surface area contributed by atoms with Crippen LogP contribution in [0.1, 0.15) is 24.0 Å². The first-order chi connectivity index (χ1) is 11.9. The number of hydrogen-bond donors (Lipinski definition) is 2. The molecule has 0 aliphatic heterocycles. The Balaban J connectivity index is 1.68. The van der Waals surface area contributed by atoms with Crippen molar-refractivity contribution in [1.82, 2.24) is 25.3 Å². The van der Waals surface area contributed by atoms with Crippen molar-refractivity contribution < 1.29 is 4.79 Å². The molecule has 2 aromatic heterocycles. The Morgan fingerprint density at radius 3 is 2.68 bits per heavy atom. The lowest BCUT2D eigenvalue weighted by atomic mass is 10.2. The third-order valence-corrected chi connectivity index (χ3v) is 3.93. The predicted molar refractivity (Wildman–Crippen MR) is 97.6 cm³/mol. The monoisotopic (exact) mass is 338 g/mol. The SMILES string of the molecule is Cc1cc2c(NC(=O)N[C@H](C)Cn3nc(C)cc3C)cccc2nn1. The molecule has 0 aliphatic carbocycles. The molecule has 3 rings (SSSR count). The predicted octanol–water partition coefficient (Wildman–Crippen LogP) is 2.96. The standard InChI is InChI=1S/C18H22N6O/c1-11-9-15-16(6-5-7-17(15)22-21-11)20-18(25)19-13(3)10-24-14(4)8-12(2)23-24/h5-9,13H,10H2,1-4H3,(H2,19,20,25)/t13-/m1/s1. The maximum atomic E-state index is 12.3. The number of benzene rings is 1. The fourth-order valence-electron chi connectivity index (χ4n) is 2.82. The molecule has 2 amide bonds. The third-order valence-electron chi connectivity index (χ3n) is 3.93. The molecule has 2 heterocycles. The largest absolute Gasteiger partial charge is 0.334 e. The second-order valence-electron chi connectivity index (χ2n) is 6.33. The molecule has 0 saturated heterocycles. The Kier molecular flexibility index (Phi) is 4.65. The lowest BCUT2D eigenvalue weighted by Crippen LogP contribution is -2.39. The molecule has 0 aliphatic rings. The first-order valence-electron chi connectivity index (χ1n) is 8.24. The Morgan fingerprint density at radius 2 is 1.96 bits per heavy atom. The van der Waals surface area contributed by atoms with Crippen LogP contribution in [-0.4, -0.2) is 32.1 Å². The van der Waals surface area contributed by atoms with Crippen LogP contribution in [0.2, 0.25) is 0 Å². The number of rotatable bonds is 4. The molecule has 0 saturated carbocycles. The summed E-state index contributed by atoms with van der Waals surface area (Å²) >= 11 is 0. The van der Waals surface area contributed by atoms with Gasteiger partial charge in [0.2, 0.25) is 0 Å². The normalized spacial score (nSPS) is 12.2. The number of anilines is 1. The lowest BCUT2D eigenvalue weighted by Gasteiger charge is -2.16. The highest BCUT2D eigenvalue weighted by atomic mass is 16.2. The van der Waals surface area contributed by atoms with E-state index in [1.807, 2.05) is 62.7 Å². The molecule has 25 heavy (non-hydrogen) atoms. The number of carbonyl (C=O) groups is 1. The molecule has 2 N–H and O–H groups in total. The first kappa shape index (κ1) is 16.9. The minimum Gasteiger partial charge on any atom is -0.334 e. The summed E-state index contributed by atoms with van der Waals surface area (Å²) in [6.07, 6.45) is 0. The van der Waals surface area contributed by atoms with Gasteiger partial charge in [-0.05, 0) is 52.0 Å². The van der Waals surface area contributed by atoms with Gasteiger partial charge in [-0.25, -0.2) is 4.79 Å². The van der Waals surface area contributed by atoms with Crippen LogP contribution in [0, 0.1) is 20.8 Å². The number of hydrogen-bond acceptors (Lipinski definition) is 4. The van der Waals surface area contributed by atoms with Crippen molar-refractivity contribution in [3.8, 4) is 0 Å². The molecule has 1 atom stereocenters. The van der Waals surface area contributed by atoms with Gasteiger partial charge < -0.3 is 10.6 Å². The van der Waals surface area contributed by atoms with Gasteiger partial charge in [-0.3, -0.25) is 4.68 Å². The van der Waals surface area contributed by atoms with Crippen molar-refractivity contribution in [1.29, 1.82) is 0 Å². The summed E-state index contributed by atoms with van der Waals surface area (Å²) in [5.41, 5.74) is 4.32. The van der Waals surface area contributed by atoms with Crippen LogP contribution in [0.5, 0.6) is 0 Å². The van der Waals surface area contributed by atoms with Crippen LogP contribution < -0.4 is 10.6 Å². The second-order valence-corrected chi connectivity index (χ2v) is 6.33. The van der Waals surface area contributed by atoms with Gasteiger partial charge in [0.05, 0.1) is 29.1 Å². The number of fused-ring (bicyclic) bond motifs is 1. The smallest absolute Gasteiger partial charge is 0.319 e. The summed E-state index contributed by atoms with van der Waals surface area (Å²) in [4.78, 5) is 12.3. The number of amides is 2. The van der Waals surface area contributed by atoms with Gasteiger partial charge in [-0.1, -0.05) is 6.07 Å². The van der Waals surface area contributed by atoms with Crippen LogP contribution in [0.3, 0.4) is 0 Å². The molecule has 1 aromatic carbocycles. The molecule has 130 valence electrons. The van der Waals surface area contributed by atoms with Crippen LogP contribution in [0.15, 0.2) is 30.3 Å². The van der Waals surface area contributed by atoms with E-state index in [2.05, 4.69) is 25.9 Å². The maximum absolute atomic E-state index is 12.3. The Morgan fingerprint density at radius 1 is 1.16 bits per heavy atom. The van der Waals surface area contributed by atoms with E-state index in [0.717, 1.165) is 28.0 Å². The van der Waals surface area contributed by atoms with Crippen LogP contribution in [0.4, 0.5) is 10.5 Å². The second kappa shape index (κ2) is 6.88. The summed E-state index contributed by atoms with van der Waals surface area (Å²) in [7, 11) is 0. The minimum atomic E-state index is -0.254. The highest BCUT2D eigenvalue weighted by molar-refractivity contribution is 6.00. The molecular weight excluding hydrogens is 316 g/mol. The van der Waals surface area contributed by atoms with Crippen molar-refractivity contribution in [3.63, 3.8) is 0 Å². The Hall–Kier alpha value is -2.96.